The van der Waals surface area contributed by atoms with Crippen molar-refractivity contribution in [2.45, 2.75) is 19.3 Å². The molecular weight excluding hydrogens is 243 g/mol. The van der Waals surface area contributed by atoms with E-state index in [-0.39, 0.29) is 0 Å². The maximum atomic E-state index is 8.01. The van der Waals surface area contributed by atoms with Crippen LogP contribution >= 0.6 is 23.2 Å². The molecule has 0 aromatic heterocycles. The lowest BCUT2D eigenvalue weighted by Gasteiger charge is -2.18. The van der Waals surface area contributed by atoms with E-state index < -0.39 is 0 Å². The van der Waals surface area contributed by atoms with Crippen LogP contribution in [0.15, 0.2) is 18.2 Å². The van der Waals surface area contributed by atoms with E-state index in [0.29, 0.717) is 22.3 Å². The quantitative estimate of drug-likeness (QED) is 0.636. The minimum Gasteiger partial charge on any atom is -0.360 e. The number of rotatable bonds is 2. The predicted molar refractivity (Wildman–Crippen MR) is 68.7 cm³/mol. The Morgan fingerprint density at radius 3 is 2.56 bits per heavy atom. The van der Waals surface area contributed by atoms with Gasteiger partial charge < -0.3 is 4.90 Å². The van der Waals surface area contributed by atoms with Gasteiger partial charge in [-0.05, 0) is 30.5 Å². The van der Waals surface area contributed by atoms with Gasteiger partial charge in [-0.2, -0.15) is 0 Å². The number of amidine groups is 1. The number of hydrogen-bond donors (Lipinski definition) is 1. The molecule has 0 spiro atoms. The van der Waals surface area contributed by atoms with E-state index in [1.54, 1.807) is 6.07 Å². The number of halogens is 2. The van der Waals surface area contributed by atoms with Crippen LogP contribution in [-0.2, 0) is 6.42 Å². The summed E-state index contributed by atoms with van der Waals surface area (Å²) in [7, 11) is 0. The first-order valence-corrected chi connectivity index (χ1v) is 6.19. The lowest BCUT2D eigenvalue weighted by atomic mass is 10.1. The number of likely N-dealkylation sites (tertiary alicyclic amines) is 1. The van der Waals surface area contributed by atoms with E-state index >= 15 is 0 Å². The number of hydrogen-bond acceptors (Lipinski definition) is 1. The Kier molecular flexibility index (Phi) is 3.72. The molecule has 0 saturated carbocycles. The Morgan fingerprint density at radius 2 is 1.94 bits per heavy atom. The molecule has 2 nitrogen and oxygen atoms in total. The summed E-state index contributed by atoms with van der Waals surface area (Å²) < 4.78 is 0. The Hall–Kier alpha value is -0.730. The Labute approximate surface area is 106 Å². The van der Waals surface area contributed by atoms with Gasteiger partial charge in [0.05, 0.1) is 0 Å². The second-order valence-corrected chi connectivity index (χ2v) is 4.90. The minimum atomic E-state index is 0.593. The van der Waals surface area contributed by atoms with Crippen LogP contribution in [-0.4, -0.2) is 23.8 Å². The number of nitrogens with zero attached hydrogens (tertiary/aromatic N) is 1. The average molecular weight is 257 g/mol. The van der Waals surface area contributed by atoms with Gasteiger partial charge in [0.2, 0.25) is 0 Å². The molecule has 0 bridgehead atoms. The van der Waals surface area contributed by atoms with Crippen LogP contribution < -0.4 is 0 Å². The molecule has 1 saturated heterocycles. The van der Waals surface area contributed by atoms with Crippen LogP contribution in [0.25, 0.3) is 0 Å². The normalized spacial score (nSPS) is 15.5. The third-order valence-corrected chi connectivity index (χ3v) is 3.45. The highest BCUT2D eigenvalue weighted by Gasteiger charge is 2.15. The fourth-order valence-corrected chi connectivity index (χ4v) is 2.42. The maximum absolute atomic E-state index is 8.01. The molecule has 2 rings (SSSR count). The van der Waals surface area contributed by atoms with Gasteiger partial charge in [0, 0.05) is 29.6 Å². The summed E-state index contributed by atoms with van der Waals surface area (Å²) in [5.74, 6) is 0.654. The maximum Gasteiger partial charge on any atom is 0.100 e. The third kappa shape index (κ3) is 2.69. The summed E-state index contributed by atoms with van der Waals surface area (Å²) in [6, 6.07) is 5.45. The largest absolute Gasteiger partial charge is 0.360 e. The van der Waals surface area contributed by atoms with Gasteiger partial charge in [-0.1, -0.05) is 29.3 Å². The molecule has 0 aliphatic carbocycles. The summed E-state index contributed by atoms with van der Waals surface area (Å²) in [6.45, 7) is 2.01. The Morgan fingerprint density at radius 1 is 1.25 bits per heavy atom. The molecule has 0 radical (unpaired) electrons. The SMILES string of the molecule is N=C(Cc1ccc(Cl)cc1Cl)N1CCCC1. The average Bonchev–Trinajstić information content (AvgIpc) is 2.75. The predicted octanol–water partition coefficient (Wildman–Crippen LogP) is 3.61. The van der Waals surface area contributed by atoms with Crippen molar-refractivity contribution in [1.29, 1.82) is 5.41 Å². The van der Waals surface area contributed by atoms with Crippen molar-refractivity contribution >= 4 is 29.0 Å². The van der Waals surface area contributed by atoms with Crippen molar-refractivity contribution in [2.24, 2.45) is 0 Å². The molecule has 16 heavy (non-hydrogen) atoms. The lowest BCUT2D eigenvalue weighted by molar-refractivity contribution is 0.507. The Bertz CT molecular complexity index is 398. The molecule has 0 unspecified atom stereocenters. The molecule has 1 aliphatic heterocycles. The summed E-state index contributed by atoms with van der Waals surface area (Å²) >= 11 is 11.9. The molecule has 1 aliphatic rings. The first kappa shape index (κ1) is 11.7. The van der Waals surface area contributed by atoms with Crippen molar-refractivity contribution < 1.29 is 0 Å². The van der Waals surface area contributed by atoms with Crippen LogP contribution in [0.2, 0.25) is 10.0 Å². The monoisotopic (exact) mass is 256 g/mol. The van der Waals surface area contributed by atoms with E-state index in [0.717, 1.165) is 18.7 Å². The van der Waals surface area contributed by atoms with Gasteiger partial charge in [0.1, 0.15) is 5.84 Å². The smallest absolute Gasteiger partial charge is 0.100 e. The third-order valence-electron chi connectivity index (χ3n) is 2.86. The first-order chi connectivity index (χ1) is 7.66. The van der Waals surface area contributed by atoms with Gasteiger partial charge in [-0.25, -0.2) is 0 Å². The molecule has 1 fully saturated rings. The molecule has 0 amide bonds. The summed E-state index contributed by atoms with van der Waals surface area (Å²) in [6.07, 6.45) is 2.98. The highest BCUT2D eigenvalue weighted by atomic mass is 35.5. The van der Waals surface area contributed by atoms with Crippen LogP contribution in [0.1, 0.15) is 18.4 Å². The van der Waals surface area contributed by atoms with Crippen LogP contribution in [0.3, 0.4) is 0 Å². The molecule has 1 aromatic rings. The van der Waals surface area contributed by atoms with Crippen molar-refractivity contribution in [3.05, 3.63) is 33.8 Å². The van der Waals surface area contributed by atoms with Gasteiger partial charge in [-0.3, -0.25) is 5.41 Å². The van der Waals surface area contributed by atoms with Crippen LogP contribution in [0, 0.1) is 5.41 Å². The summed E-state index contributed by atoms with van der Waals surface area (Å²) in [5.41, 5.74) is 0.975. The minimum absolute atomic E-state index is 0.593. The summed E-state index contributed by atoms with van der Waals surface area (Å²) in [4.78, 5) is 2.12. The van der Waals surface area contributed by atoms with Crippen molar-refractivity contribution in [3.63, 3.8) is 0 Å². The molecule has 1 heterocycles. The fourth-order valence-electron chi connectivity index (χ4n) is 1.94. The van der Waals surface area contributed by atoms with Crippen LogP contribution in [0.4, 0.5) is 0 Å². The molecule has 1 aromatic carbocycles. The van der Waals surface area contributed by atoms with Crippen molar-refractivity contribution in [3.8, 4) is 0 Å². The van der Waals surface area contributed by atoms with E-state index in [1.165, 1.54) is 12.8 Å². The second-order valence-electron chi connectivity index (χ2n) is 4.05. The van der Waals surface area contributed by atoms with E-state index in [9.17, 15) is 0 Å². The standard InChI is InChI=1S/C12H14Cl2N2/c13-10-4-3-9(11(14)8-10)7-12(15)16-5-1-2-6-16/h3-4,8,15H,1-2,5-7H2. The van der Waals surface area contributed by atoms with Gasteiger partial charge >= 0.3 is 0 Å². The van der Waals surface area contributed by atoms with E-state index in [2.05, 4.69) is 4.90 Å². The zero-order valence-corrected chi connectivity index (χ0v) is 10.5. The van der Waals surface area contributed by atoms with Crippen LogP contribution in [0.5, 0.6) is 0 Å². The number of nitrogens with one attached hydrogen (secondary N) is 1. The molecule has 4 heteroatoms. The van der Waals surface area contributed by atoms with Crippen molar-refractivity contribution in [1.82, 2.24) is 4.90 Å². The van der Waals surface area contributed by atoms with Gasteiger partial charge in [-0.15, -0.1) is 0 Å². The zero-order valence-electron chi connectivity index (χ0n) is 8.97. The van der Waals surface area contributed by atoms with Crippen molar-refractivity contribution in [2.75, 3.05) is 13.1 Å². The lowest BCUT2D eigenvalue weighted by Crippen LogP contribution is -2.28. The molecule has 86 valence electrons. The molecular formula is C12H14Cl2N2. The highest BCUT2D eigenvalue weighted by molar-refractivity contribution is 6.35. The fraction of sp³-hybridized carbons (Fsp3) is 0.417. The van der Waals surface area contributed by atoms with Gasteiger partial charge in [0.25, 0.3) is 0 Å². The summed E-state index contributed by atoms with van der Waals surface area (Å²) in [5, 5.41) is 9.30. The first-order valence-electron chi connectivity index (χ1n) is 5.43. The van der Waals surface area contributed by atoms with E-state index in [4.69, 9.17) is 28.6 Å². The topological polar surface area (TPSA) is 27.1 Å². The molecule has 1 N–H and O–H groups in total. The number of benzene rings is 1. The Balaban J connectivity index is 2.05. The second kappa shape index (κ2) is 5.07. The molecule has 0 atom stereocenters. The zero-order chi connectivity index (χ0) is 11.5. The van der Waals surface area contributed by atoms with E-state index in [1.807, 2.05) is 12.1 Å². The highest BCUT2D eigenvalue weighted by Crippen LogP contribution is 2.22. The van der Waals surface area contributed by atoms with Gasteiger partial charge in [0.15, 0.2) is 0 Å².